The predicted octanol–water partition coefficient (Wildman–Crippen LogP) is 4.34. The number of aromatic nitrogens is 1. The molecule has 7 heteroatoms. The molecule has 4 aromatic rings. The summed E-state index contributed by atoms with van der Waals surface area (Å²) in [6.07, 6.45) is 3.07. The standard InChI is InChI=1S/C22H17N3O4/c1-28-19-12-16(8-9-17(19)25-21(26)15-6-4-10-23-13-15)24-22(27)20-11-14-5-2-3-7-18(14)29-20/h2-13H,1H3,(H,24,27)(H,25,26). The van der Waals surface area contributed by atoms with Crippen LogP contribution in [0.15, 0.2) is 77.5 Å². The molecule has 0 aliphatic carbocycles. The Morgan fingerprint density at radius 2 is 1.83 bits per heavy atom. The van der Waals surface area contributed by atoms with Gasteiger partial charge in [-0.05, 0) is 36.4 Å². The van der Waals surface area contributed by atoms with Gasteiger partial charge in [-0.1, -0.05) is 18.2 Å². The van der Waals surface area contributed by atoms with Crippen LogP contribution in [-0.4, -0.2) is 23.9 Å². The third kappa shape index (κ3) is 3.93. The molecule has 0 radical (unpaired) electrons. The van der Waals surface area contributed by atoms with Gasteiger partial charge in [0.05, 0.1) is 18.4 Å². The molecule has 0 unspecified atom stereocenters. The molecule has 0 aliphatic rings. The van der Waals surface area contributed by atoms with Crippen LogP contribution >= 0.6 is 0 Å². The van der Waals surface area contributed by atoms with E-state index in [4.69, 9.17) is 9.15 Å². The lowest BCUT2D eigenvalue weighted by atomic mass is 10.2. The Bertz CT molecular complexity index is 1150. The van der Waals surface area contributed by atoms with Crippen LogP contribution in [0.5, 0.6) is 5.75 Å². The summed E-state index contributed by atoms with van der Waals surface area (Å²) in [4.78, 5) is 28.8. The number of furan rings is 1. The Balaban J connectivity index is 1.51. The average Bonchev–Trinajstić information content (AvgIpc) is 3.20. The minimum absolute atomic E-state index is 0.208. The molecule has 4 rings (SSSR count). The Morgan fingerprint density at radius 3 is 2.59 bits per heavy atom. The summed E-state index contributed by atoms with van der Waals surface area (Å²) in [6.45, 7) is 0. The van der Waals surface area contributed by atoms with E-state index in [-0.39, 0.29) is 17.6 Å². The number of para-hydroxylation sites is 1. The number of rotatable bonds is 5. The van der Waals surface area contributed by atoms with Gasteiger partial charge in [0.2, 0.25) is 0 Å². The third-order valence-electron chi connectivity index (χ3n) is 4.28. The first-order valence-electron chi connectivity index (χ1n) is 8.83. The molecule has 7 nitrogen and oxygen atoms in total. The lowest BCUT2D eigenvalue weighted by Crippen LogP contribution is -2.14. The number of carbonyl (C=O) groups excluding carboxylic acids is 2. The lowest BCUT2D eigenvalue weighted by Gasteiger charge is -2.12. The summed E-state index contributed by atoms with van der Waals surface area (Å²) in [5.74, 6) is -0.0744. The van der Waals surface area contributed by atoms with Crippen molar-refractivity contribution in [1.29, 1.82) is 0 Å². The largest absolute Gasteiger partial charge is 0.494 e. The fourth-order valence-corrected chi connectivity index (χ4v) is 2.85. The van der Waals surface area contributed by atoms with Crippen molar-refractivity contribution >= 4 is 34.2 Å². The van der Waals surface area contributed by atoms with E-state index in [1.807, 2.05) is 18.2 Å². The first kappa shape index (κ1) is 18.2. The van der Waals surface area contributed by atoms with E-state index in [0.29, 0.717) is 28.3 Å². The lowest BCUT2D eigenvalue weighted by molar-refractivity contribution is 0.0996. The molecule has 2 aromatic heterocycles. The highest BCUT2D eigenvalue weighted by Crippen LogP contribution is 2.29. The van der Waals surface area contributed by atoms with E-state index >= 15 is 0 Å². The van der Waals surface area contributed by atoms with Crippen molar-refractivity contribution in [1.82, 2.24) is 4.98 Å². The Kier molecular flexibility index (Phi) is 4.94. The fourth-order valence-electron chi connectivity index (χ4n) is 2.85. The van der Waals surface area contributed by atoms with E-state index < -0.39 is 0 Å². The van der Waals surface area contributed by atoms with Crippen LogP contribution in [0.4, 0.5) is 11.4 Å². The summed E-state index contributed by atoms with van der Waals surface area (Å²) in [5, 5.41) is 6.39. The molecule has 0 saturated heterocycles. The van der Waals surface area contributed by atoms with Gasteiger partial charge in [-0.2, -0.15) is 0 Å². The second-order valence-corrected chi connectivity index (χ2v) is 6.21. The van der Waals surface area contributed by atoms with Crippen LogP contribution in [0.1, 0.15) is 20.9 Å². The van der Waals surface area contributed by atoms with Crippen molar-refractivity contribution in [3.63, 3.8) is 0 Å². The number of hydrogen-bond acceptors (Lipinski definition) is 5. The molecule has 0 spiro atoms. The summed E-state index contributed by atoms with van der Waals surface area (Å²) >= 11 is 0. The number of benzene rings is 2. The maximum absolute atomic E-state index is 12.5. The minimum atomic E-state index is -0.379. The number of pyridine rings is 1. The van der Waals surface area contributed by atoms with Gasteiger partial charge in [-0.3, -0.25) is 14.6 Å². The number of carbonyl (C=O) groups is 2. The van der Waals surface area contributed by atoms with E-state index in [9.17, 15) is 9.59 Å². The van der Waals surface area contributed by atoms with Crippen LogP contribution in [0.25, 0.3) is 11.0 Å². The molecule has 0 bridgehead atoms. The zero-order valence-electron chi connectivity index (χ0n) is 15.5. The smallest absolute Gasteiger partial charge is 0.291 e. The quantitative estimate of drug-likeness (QED) is 0.531. The Hall–Kier alpha value is -4.13. The van der Waals surface area contributed by atoms with Gasteiger partial charge >= 0.3 is 0 Å². The van der Waals surface area contributed by atoms with Crippen molar-refractivity contribution in [2.24, 2.45) is 0 Å². The van der Waals surface area contributed by atoms with Crippen molar-refractivity contribution < 1.29 is 18.7 Å². The highest BCUT2D eigenvalue weighted by atomic mass is 16.5. The fraction of sp³-hybridized carbons (Fsp3) is 0.0455. The zero-order valence-corrected chi connectivity index (χ0v) is 15.5. The summed E-state index contributed by atoms with van der Waals surface area (Å²) in [5.41, 5.74) is 2.05. The predicted molar refractivity (Wildman–Crippen MR) is 109 cm³/mol. The van der Waals surface area contributed by atoms with E-state index in [1.54, 1.807) is 48.7 Å². The monoisotopic (exact) mass is 387 g/mol. The first-order valence-corrected chi connectivity index (χ1v) is 8.83. The molecule has 0 saturated carbocycles. The second-order valence-electron chi connectivity index (χ2n) is 6.21. The van der Waals surface area contributed by atoms with E-state index in [1.165, 1.54) is 13.3 Å². The molecule has 0 fully saturated rings. The molecule has 2 amide bonds. The topological polar surface area (TPSA) is 93.5 Å². The number of hydrogen-bond donors (Lipinski definition) is 2. The maximum atomic E-state index is 12.5. The maximum Gasteiger partial charge on any atom is 0.291 e. The zero-order chi connectivity index (χ0) is 20.2. The summed E-state index contributed by atoms with van der Waals surface area (Å²) in [7, 11) is 1.49. The summed E-state index contributed by atoms with van der Waals surface area (Å²) in [6, 6.07) is 17.4. The highest BCUT2D eigenvalue weighted by Gasteiger charge is 2.15. The molecular weight excluding hydrogens is 370 g/mol. The number of methoxy groups -OCH3 is 1. The highest BCUT2D eigenvalue weighted by molar-refractivity contribution is 6.06. The average molecular weight is 387 g/mol. The molecule has 144 valence electrons. The van der Waals surface area contributed by atoms with Crippen molar-refractivity contribution in [2.45, 2.75) is 0 Å². The SMILES string of the molecule is COc1cc(NC(=O)c2cc3ccccc3o2)ccc1NC(=O)c1cccnc1. The van der Waals surface area contributed by atoms with Crippen molar-refractivity contribution in [3.05, 3.63) is 84.4 Å². The van der Waals surface area contributed by atoms with Gasteiger partial charge in [-0.25, -0.2) is 0 Å². The van der Waals surface area contributed by atoms with Crippen LogP contribution in [0.3, 0.4) is 0 Å². The van der Waals surface area contributed by atoms with Gasteiger partial charge in [-0.15, -0.1) is 0 Å². The number of nitrogens with zero attached hydrogens (tertiary/aromatic N) is 1. The molecule has 29 heavy (non-hydrogen) atoms. The normalized spacial score (nSPS) is 10.5. The minimum Gasteiger partial charge on any atom is -0.494 e. The Labute approximate surface area is 166 Å². The van der Waals surface area contributed by atoms with Crippen LogP contribution < -0.4 is 15.4 Å². The van der Waals surface area contributed by atoms with Crippen molar-refractivity contribution in [2.75, 3.05) is 17.7 Å². The molecule has 0 atom stereocenters. The van der Waals surface area contributed by atoms with Gasteiger partial charge in [0.1, 0.15) is 11.3 Å². The molecule has 2 aromatic carbocycles. The van der Waals surface area contributed by atoms with Gasteiger partial charge in [0.15, 0.2) is 5.76 Å². The third-order valence-corrected chi connectivity index (χ3v) is 4.28. The number of amides is 2. The Morgan fingerprint density at radius 1 is 0.966 bits per heavy atom. The number of fused-ring (bicyclic) bond motifs is 1. The van der Waals surface area contributed by atoms with Crippen LogP contribution in [0, 0.1) is 0 Å². The summed E-state index contributed by atoms with van der Waals surface area (Å²) < 4.78 is 10.9. The van der Waals surface area contributed by atoms with Crippen LogP contribution in [0.2, 0.25) is 0 Å². The van der Waals surface area contributed by atoms with Crippen LogP contribution in [-0.2, 0) is 0 Å². The number of ether oxygens (including phenoxy) is 1. The van der Waals surface area contributed by atoms with E-state index in [2.05, 4.69) is 15.6 Å². The van der Waals surface area contributed by atoms with E-state index in [0.717, 1.165) is 5.39 Å². The van der Waals surface area contributed by atoms with Gasteiger partial charge in [0.25, 0.3) is 11.8 Å². The number of nitrogens with one attached hydrogen (secondary N) is 2. The van der Waals surface area contributed by atoms with Crippen molar-refractivity contribution in [3.8, 4) is 5.75 Å². The van der Waals surface area contributed by atoms with Gasteiger partial charge in [0, 0.05) is 29.5 Å². The number of anilines is 2. The molecule has 2 heterocycles. The molecule has 2 N–H and O–H groups in total. The van der Waals surface area contributed by atoms with Gasteiger partial charge < -0.3 is 19.8 Å². The second kappa shape index (κ2) is 7.85. The molecule has 0 aliphatic heterocycles. The first-order chi connectivity index (χ1) is 14.1. The molecular formula is C22H17N3O4.